The van der Waals surface area contributed by atoms with Crippen molar-refractivity contribution < 1.29 is 9.59 Å². The number of hydrogen-bond acceptors (Lipinski definition) is 4. The molecule has 1 atom stereocenters. The third kappa shape index (κ3) is 4.04. The molecule has 1 fully saturated rings. The Morgan fingerprint density at radius 2 is 2.05 bits per heavy atom. The van der Waals surface area contributed by atoms with Gasteiger partial charge in [0.1, 0.15) is 0 Å². The van der Waals surface area contributed by atoms with Crippen molar-refractivity contribution in [2.45, 2.75) is 13.0 Å². The van der Waals surface area contributed by atoms with E-state index in [1.807, 2.05) is 6.07 Å². The molecule has 108 valence electrons. The third-order valence-electron chi connectivity index (χ3n) is 3.34. The molecule has 6 nitrogen and oxygen atoms in total. The van der Waals surface area contributed by atoms with E-state index in [4.69, 9.17) is 0 Å². The highest BCUT2D eigenvalue weighted by atomic mass is 16.2. The zero-order chi connectivity index (χ0) is 14.4. The van der Waals surface area contributed by atoms with Gasteiger partial charge in [0.05, 0.1) is 6.54 Å². The second-order valence-electron chi connectivity index (χ2n) is 4.89. The summed E-state index contributed by atoms with van der Waals surface area (Å²) in [6.07, 6.45) is 0. The Balaban J connectivity index is 1.76. The molecule has 1 aliphatic heterocycles. The summed E-state index contributed by atoms with van der Waals surface area (Å²) in [7, 11) is 0. The molecule has 0 bridgehead atoms. The number of carbonyl (C=O) groups excluding carboxylic acids is 2. The number of hydrazine groups is 1. The maximum absolute atomic E-state index is 11.8. The molecule has 0 saturated carbocycles. The van der Waals surface area contributed by atoms with Crippen molar-refractivity contribution in [2.24, 2.45) is 0 Å². The predicted octanol–water partition coefficient (Wildman–Crippen LogP) is -0.259. The van der Waals surface area contributed by atoms with Gasteiger partial charge in [-0.15, -0.1) is 0 Å². The topological polar surface area (TPSA) is 73.5 Å². The van der Waals surface area contributed by atoms with Crippen LogP contribution in [0.1, 0.15) is 17.3 Å². The Labute approximate surface area is 118 Å². The Hall–Kier alpha value is -1.92. The van der Waals surface area contributed by atoms with Gasteiger partial charge in [0.25, 0.3) is 11.8 Å². The molecule has 0 radical (unpaired) electrons. The molecule has 1 aromatic carbocycles. The van der Waals surface area contributed by atoms with Crippen LogP contribution in [-0.4, -0.2) is 48.9 Å². The van der Waals surface area contributed by atoms with Crippen LogP contribution >= 0.6 is 0 Å². The summed E-state index contributed by atoms with van der Waals surface area (Å²) >= 11 is 0. The molecule has 20 heavy (non-hydrogen) atoms. The summed E-state index contributed by atoms with van der Waals surface area (Å²) in [6, 6.07) is 9.10. The highest BCUT2D eigenvalue weighted by Crippen LogP contribution is 2.01. The number of nitrogens with zero attached hydrogens (tertiary/aromatic N) is 1. The van der Waals surface area contributed by atoms with E-state index in [9.17, 15) is 9.59 Å². The molecule has 0 aromatic heterocycles. The van der Waals surface area contributed by atoms with Crippen LogP contribution in [0, 0.1) is 0 Å². The van der Waals surface area contributed by atoms with Gasteiger partial charge < -0.3 is 5.32 Å². The zero-order valence-electron chi connectivity index (χ0n) is 11.6. The first kappa shape index (κ1) is 14.5. The Morgan fingerprint density at radius 3 is 2.75 bits per heavy atom. The molecule has 1 heterocycles. The zero-order valence-corrected chi connectivity index (χ0v) is 11.6. The van der Waals surface area contributed by atoms with Crippen molar-refractivity contribution in [3.63, 3.8) is 0 Å². The molecule has 1 unspecified atom stereocenters. The van der Waals surface area contributed by atoms with E-state index in [1.165, 1.54) is 0 Å². The summed E-state index contributed by atoms with van der Waals surface area (Å²) in [4.78, 5) is 25.6. The van der Waals surface area contributed by atoms with Crippen LogP contribution in [0.5, 0.6) is 0 Å². The molecule has 1 aromatic rings. The van der Waals surface area contributed by atoms with Gasteiger partial charge in [-0.25, -0.2) is 0 Å². The fourth-order valence-corrected chi connectivity index (χ4v) is 2.13. The van der Waals surface area contributed by atoms with Gasteiger partial charge >= 0.3 is 0 Å². The molecule has 2 amide bonds. The molecule has 1 aliphatic rings. The van der Waals surface area contributed by atoms with Crippen LogP contribution in [0.4, 0.5) is 0 Å². The number of rotatable bonds is 3. The van der Waals surface area contributed by atoms with Crippen LogP contribution < -0.4 is 16.2 Å². The molecule has 6 heteroatoms. The lowest BCUT2D eigenvalue weighted by atomic mass is 10.2. The quantitative estimate of drug-likeness (QED) is 0.665. The third-order valence-corrected chi connectivity index (χ3v) is 3.34. The largest absolute Gasteiger partial charge is 0.314 e. The minimum atomic E-state index is -0.313. The number of carbonyl (C=O) groups is 2. The van der Waals surface area contributed by atoms with Crippen molar-refractivity contribution in [2.75, 3.05) is 26.2 Å². The van der Waals surface area contributed by atoms with Crippen LogP contribution in [0.25, 0.3) is 0 Å². The maximum Gasteiger partial charge on any atom is 0.269 e. The van der Waals surface area contributed by atoms with Crippen LogP contribution in [0.15, 0.2) is 30.3 Å². The Morgan fingerprint density at radius 1 is 1.30 bits per heavy atom. The summed E-state index contributed by atoms with van der Waals surface area (Å²) < 4.78 is 0. The van der Waals surface area contributed by atoms with E-state index < -0.39 is 0 Å². The lowest BCUT2D eigenvalue weighted by Crippen LogP contribution is -2.54. The normalized spacial score (nSPS) is 19.4. The molecule has 1 saturated heterocycles. The Kier molecular flexibility index (Phi) is 5.09. The van der Waals surface area contributed by atoms with Gasteiger partial charge in [-0.3, -0.25) is 25.3 Å². The van der Waals surface area contributed by atoms with Crippen LogP contribution in [-0.2, 0) is 4.79 Å². The van der Waals surface area contributed by atoms with Gasteiger partial charge in [-0.2, -0.15) is 0 Å². The smallest absolute Gasteiger partial charge is 0.269 e. The second kappa shape index (κ2) is 7.02. The fourth-order valence-electron chi connectivity index (χ4n) is 2.13. The average Bonchev–Trinajstić information content (AvgIpc) is 2.48. The van der Waals surface area contributed by atoms with E-state index in [0.717, 1.165) is 19.6 Å². The van der Waals surface area contributed by atoms with Gasteiger partial charge in [-0.05, 0) is 19.1 Å². The van der Waals surface area contributed by atoms with Crippen molar-refractivity contribution >= 4 is 11.8 Å². The average molecular weight is 276 g/mol. The molecular weight excluding hydrogens is 256 g/mol. The number of amides is 2. The summed E-state index contributed by atoms with van der Waals surface area (Å²) in [5, 5.41) is 3.27. The van der Waals surface area contributed by atoms with Crippen molar-refractivity contribution in [1.29, 1.82) is 0 Å². The number of piperazine rings is 1. The van der Waals surface area contributed by atoms with Gasteiger partial charge in [0, 0.05) is 31.2 Å². The monoisotopic (exact) mass is 276 g/mol. The molecule has 0 aliphatic carbocycles. The first-order valence-electron chi connectivity index (χ1n) is 6.76. The van der Waals surface area contributed by atoms with Crippen LogP contribution in [0.2, 0.25) is 0 Å². The van der Waals surface area contributed by atoms with Crippen molar-refractivity contribution in [3.8, 4) is 0 Å². The molecule has 2 rings (SSSR count). The van der Waals surface area contributed by atoms with Crippen LogP contribution in [0.3, 0.4) is 0 Å². The predicted molar refractivity (Wildman–Crippen MR) is 76.0 cm³/mol. The second-order valence-corrected chi connectivity index (χ2v) is 4.89. The standard InChI is InChI=1S/C14H20N4O2/c1-11-9-15-7-8-18(11)10-13(19)16-17-14(20)12-5-3-2-4-6-12/h2-6,11,15H,7-10H2,1H3,(H,16,19)(H,17,20). The minimum Gasteiger partial charge on any atom is -0.314 e. The van der Waals surface area contributed by atoms with E-state index in [-0.39, 0.29) is 18.4 Å². The summed E-state index contributed by atoms with van der Waals surface area (Å²) in [5.41, 5.74) is 5.39. The van der Waals surface area contributed by atoms with E-state index >= 15 is 0 Å². The molecule has 0 spiro atoms. The fraction of sp³-hybridized carbons (Fsp3) is 0.429. The first-order valence-corrected chi connectivity index (χ1v) is 6.76. The minimum absolute atomic E-state index is 0.206. The highest BCUT2D eigenvalue weighted by Gasteiger charge is 2.20. The first-order chi connectivity index (χ1) is 9.66. The lowest BCUT2D eigenvalue weighted by molar-refractivity contribution is -0.123. The van der Waals surface area contributed by atoms with Gasteiger partial charge in [0.15, 0.2) is 0 Å². The SMILES string of the molecule is CC1CNCCN1CC(=O)NNC(=O)c1ccccc1. The number of benzene rings is 1. The van der Waals surface area contributed by atoms with E-state index in [1.54, 1.807) is 24.3 Å². The lowest BCUT2D eigenvalue weighted by Gasteiger charge is -2.33. The van der Waals surface area contributed by atoms with Crippen molar-refractivity contribution in [1.82, 2.24) is 21.1 Å². The number of hydrogen-bond donors (Lipinski definition) is 3. The molecule has 3 N–H and O–H groups in total. The number of nitrogens with one attached hydrogen (secondary N) is 3. The van der Waals surface area contributed by atoms with Crippen molar-refractivity contribution in [3.05, 3.63) is 35.9 Å². The summed E-state index contributed by atoms with van der Waals surface area (Å²) in [6.45, 7) is 4.96. The van der Waals surface area contributed by atoms with Gasteiger partial charge in [-0.1, -0.05) is 18.2 Å². The molecular formula is C14H20N4O2. The van der Waals surface area contributed by atoms with Gasteiger partial charge in [0.2, 0.25) is 0 Å². The summed E-state index contributed by atoms with van der Waals surface area (Å²) in [5.74, 6) is -0.518. The highest BCUT2D eigenvalue weighted by molar-refractivity contribution is 5.95. The van der Waals surface area contributed by atoms with E-state index in [2.05, 4.69) is 28.0 Å². The Bertz CT molecular complexity index is 464. The maximum atomic E-state index is 11.8. The van der Waals surface area contributed by atoms with E-state index in [0.29, 0.717) is 11.6 Å².